The highest BCUT2D eigenvalue weighted by molar-refractivity contribution is 6.34. The first-order valence-corrected chi connectivity index (χ1v) is 6.31. The van der Waals surface area contributed by atoms with Crippen molar-refractivity contribution in [3.05, 3.63) is 63.9 Å². The van der Waals surface area contributed by atoms with Crippen LogP contribution in [-0.2, 0) is 6.42 Å². The van der Waals surface area contributed by atoms with Gasteiger partial charge in [-0.25, -0.2) is 4.39 Å². The van der Waals surface area contributed by atoms with E-state index in [0.29, 0.717) is 16.9 Å². The van der Waals surface area contributed by atoms with Gasteiger partial charge in [-0.2, -0.15) is 0 Å². The van der Waals surface area contributed by atoms with E-state index in [1.807, 2.05) is 0 Å². The van der Waals surface area contributed by atoms with Gasteiger partial charge in [0, 0.05) is 12.0 Å². The summed E-state index contributed by atoms with van der Waals surface area (Å²) >= 11 is 6.19. The predicted molar refractivity (Wildman–Crippen MR) is 75.7 cm³/mol. The van der Waals surface area contributed by atoms with Crippen molar-refractivity contribution < 1.29 is 13.9 Å². The van der Waals surface area contributed by atoms with E-state index in [1.165, 1.54) is 19.2 Å². The number of hydrogen-bond donors (Lipinski definition) is 1. The topological polar surface area (TPSA) is 52.3 Å². The van der Waals surface area contributed by atoms with Gasteiger partial charge in [-0.1, -0.05) is 29.8 Å². The maximum atomic E-state index is 13.7. The summed E-state index contributed by atoms with van der Waals surface area (Å²) in [4.78, 5) is 11.3. The molecule has 3 nitrogen and oxygen atoms in total. The van der Waals surface area contributed by atoms with Crippen molar-refractivity contribution in [3.63, 3.8) is 0 Å². The number of carbonyl (C=O) groups excluding carboxylic acids is 1. The van der Waals surface area contributed by atoms with E-state index in [2.05, 4.69) is 0 Å². The molecule has 0 unspecified atom stereocenters. The summed E-state index contributed by atoms with van der Waals surface area (Å²) in [6, 6.07) is 9.46. The molecule has 5 heteroatoms. The van der Waals surface area contributed by atoms with Crippen LogP contribution in [0.15, 0.2) is 36.4 Å². The Morgan fingerprint density at radius 2 is 2.00 bits per heavy atom. The molecule has 0 radical (unpaired) electrons. The van der Waals surface area contributed by atoms with Crippen LogP contribution in [0.2, 0.25) is 5.02 Å². The first kappa shape index (κ1) is 14.3. The highest BCUT2D eigenvalue weighted by Gasteiger charge is 2.17. The van der Waals surface area contributed by atoms with Crippen LogP contribution in [0.5, 0.6) is 5.75 Å². The molecule has 2 rings (SSSR count). The standard InChI is InChI=1S/C15H13ClFNO2/c1-20-13-7-6-10(15(18)19)14(16)11(13)8-9-4-2-3-5-12(9)17/h2-7H,8H2,1H3,(H2,18,19). The van der Waals surface area contributed by atoms with Gasteiger partial charge >= 0.3 is 0 Å². The summed E-state index contributed by atoms with van der Waals surface area (Å²) in [5.74, 6) is -0.481. The van der Waals surface area contributed by atoms with Crippen molar-refractivity contribution in [2.75, 3.05) is 7.11 Å². The van der Waals surface area contributed by atoms with Gasteiger partial charge in [-0.3, -0.25) is 4.79 Å². The molecule has 2 aromatic rings. The molecule has 0 aliphatic heterocycles. The molecular formula is C15H13ClFNO2. The fourth-order valence-corrected chi connectivity index (χ4v) is 2.30. The number of hydrogen-bond acceptors (Lipinski definition) is 2. The molecule has 0 aromatic heterocycles. The summed E-state index contributed by atoms with van der Waals surface area (Å²) in [7, 11) is 1.49. The average Bonchev–Trinajstić information content (AvgIpc) is 2.42. The highest BCUT2D eigenvalue weighted by atomic mass is 35.5. The van der Waals surface area contributed by atoms with Gasteiger partial charge in [0.1, 0.15) is 11.6 Å². The second kappa shape index (κ2) is 5.92. The predicted octanol–water partition coefficient (Wildman–Crippen LogP) is 3.18. The van der Waals surface area contributed by atoms with E-state index in [4.69, 9.17) is 22.1 Å². The number of carbonyl (C=O) groups is 1. The molecule has 20 heavy (non-hydrogen) atoms. The number of primary amides is 1. The summed E-state index contributed by atoms with van der Waals surface area (Å²) in [6.45, 7) is 0. The minimum Gasteiger partial charge on any atom is -0.496 e. The quantitative estimate of drug-likeness (QED) is 0.941. The summed E-state index contributed by atoms with van der Waals surface area (Å²) in [6.07, 6.45) is 0.218. The average molecular weight is 294 g/mol. The molecule has 0 aliphatic rings. The van der Waals surface area contributed by atoms with Crippen molar-refractivity contribution in [2.24, 2.45) is 5.73 Å². The van der Waals surface area contributed by atoms with Crippen molar-refractivity contribution in [2.45, 2.75) is 6.42 Å². The third-order valence-corrected chi connectivity index (χ3v) is 3.44. The smallest absolute Gasteiger partial charge is 0.250 e. The second-order valence-electron chi connectivity index (χ2n) is 4.24. The zero-order chi connectivity index (χ0) is 14.7. The van der Waals surface area contributed by atoms with Crippen LogP contribution in [0, 0.1) is 5.82 Å². The molecule has 0 aliphatic carbocycles. The molecule has 2 aromatic carbocycles. The molecule has 1 amide bonds. The van der Waals surface area contributed by atoms with E-state index >= 15 is 0 Å². The Bertz CT molecular complexity index is 658. The lowest BCUT2D eigenvalue weighted by Gasteiger charge is -2.13. The van der Waals surface area contributed by atoms with Crippen LogP contribution in [0.3, 0.4) is 0 Å². The lowest BCUT2D eigenvalue weighted by Crippen LogP contribution is -2.13. The van der Waals surface area contributed by atoms with E-state index in [-0.39, 0.29) is 22.8 Å². The lowest BCUT2D eigenvalue weighted by atomic mass is 10.0. The first-order valence-electron chi connectivity index (χ1n) is 5.93. The van der Waals surface area contributed by atoms with Crippen LogP contribution in [0.25, 0.3) is 0 Å². The van der Waals surface area contributed by atoms with Crippen LogP contribution in [0.4, 0.5) is 4.39 Å². The Kier molecular flexibility index (Phi) is 4.25. The molecule has 0 fully saturated rings. The van der Waals surface area contributed by atoms with Gasteiger partial charge in [-0.05, 0) is 23.8 Å². The molecule has 0 heterocycles. The van der Waals surface area contributed by atoms with E-state index < -0.39 is 5.91 Å². The molecule has 0 spiro atoms. The second-order valence-corrected chi connectivity index (χ2v) is 4.62. The molecule has 104 valence electrons. The van der Waals surface area contributed by atoms with Crippen LogP contribution >= 0.6 is 11.6 Å². The molecular weight excluding hydrogens is 281 g/mol. The number of methoxy groups -OCH3 is 1. The SMILES string of the molecule is COc1ccc(C(N)=O)c(Cl)c1Cc1ccccc1F. The highest BCUT2D eigenvalue weighted by Crippen LogP contribution is 2.32. The van der Waals surface area contributed by atoms with Gasteiger partial charge in [0.05, 0.1) is 17.7 Å². The zero-order valence-corrected chi connectivity index (χ0v) is 11.6. The summed E-state index contributed by atoms with van der Waals surface area (Å²) in [5, 5.41) is 0.195. The Hall–Kier alpha value is -2.07. The first-order chi connectivity index (χ1) is 9.54. The largest absolute Gasteiger partial charge is 0.496 e. The maximum Gasteiger partial charge on any atom is 0.250 e. The maximum absolute atomic E-state index is 13.7. The van der Waals surface area contributed by atoms with Crippen molar-refractivity contribution >= 4 is 17.5 Å². The van der Waals surface area contributed by atoms with E-state index in [0.717, 1.165) is 0 Å². The van der Waals surface area contributed by atoms with Gasteiger partial charge < -0.3 is 10.5 Å². The fourth-order valence-electron chi connectivity index (χ4n) is 1.98. The lowest BCUT2D eigenvalue weighted by molar-refractivity contribution is 0.100. The number of amides is 1. The molecule has 0 saturated heterocycles. The number of nitrogens with two attached hydrogens (primary N) is 1. The van der Waals surface area contributed by atoms with Crippen LogP contribution in [0.1, 0.15) is 21.5 Å². The molecule has 0 bridgehead atoms. The van der Waals surface area contributed by atoms with Gasteiger partial charge in [0.2, 0.25) is 5.91 Å². The molecule has 0 atom stereocenters. The number of halogens is 2. The number of benzene rings is 2. The van der Waals surface area contributed by atoms with Crippen molar-refractivity contribution in [3.8, 4) is 5.75 Å². The fraction of sp³-hybridized carbons (Fsp3) is 0.133. The van der Waals surface area contributed by atoms with Crippen LogP contribution < -0.4 is 10.5 Å². The van der Waals surface area contributed by atoms with Crippen LogP contribution in [-0.4, -0.2) is 13.0 Å². The minimum atomic E-state index is -0.632. The van der Waals surface area contributed by atoms with Crippen molar-refractivity contribution in [1.29, 1.82) is 0 Å². The van der Waals surface area contributed by atoms with E-state index in [9.17, 15) is 9.18 Å². The zero-order valence-electron chi connectivity index (χ0n) is 10.8. The van der Waals surface area contributed by atoms with Crippen molar-refractivity contribution in [1.82, 2.24) is 0 Å². The third-order valence-electron chi connectivity index (χ3n) is 3.01. The van der Waals surface area contributed by atoms with Gasteiger partial charge in [-0.15, -0.1) is 0 Å². The molecule has 0 saturated carbocycles. The molecule has 2 N–H and O–H groups in total. The normalized spacial score (nSPS) is 10.3. The Morgan fingerprint density at radius 1 is 1.30 bits per heavy atom. The van der Waals surface area contributed by atoms with Gasteiger partial charge in [0.25, 0.3) is 0 Å². The Balaban J connectivity index is 2.52. The summed E-state index contributed by atoms with van der Waals surface area (Å²) < 4.78 is 18.9. The monoisotopic (exact) mass is 293 g/mol. The summed E-state index contributed by atoms with van der Waals surface area (Å²) in [5.41, 5.74) is 6.46. The van der Waals surface area contributed by atoms with E-state index in [1.54, 1.807) is 24.3 Å². The number of rotatable bonds is 4. The third kappa shape index (κ3) is 2.75. The minimum absolute atomic E-state index is 0.193. The number of ether oxygens (including phenoxy) is 1. The Morgan fingerprint density at radius 3 is 2.60 bits per heavy atom. The Labute approximate surface area is 121 Å². The van der Waals surface area contributed by atoms with Gasteiger partial charge in [0.15, 0.2) is 0 Å².